The van der Waals surface area contributed by atoms with Crippen LogP contribution in [0, 0.1) is 11.6 Å². The lowest BCUT2D eigenvalue weighted by Gasteiger charge is -2.11. The number of anilines is 3. The molecule has 0 aliphatic carbocycles. The Morgan fingerprint density at radius 2 is 1.83 bits per heavy atom. The second-order valence-corrected chi connectivity index (χ2v) is 3.72. The van der Waals surface area contributed by atoms with Gasteiger partial charge in [0.15, 0.2) is 0 Å². The lowest BCUT2D eigenvalue weighted by molar-refractivity contribution is 0.584. The van der Waals surface area contributed by atoms with Crippen molar-refractivity contribution in [2.45, 2.75) is 13.3 Å². The number of rotatable bonds is 3. The molecule has 3 N–H and O–H groups in total. The van der Waals surface area contributed by atoms with Gasteiger partial charge in [0.05, 0.1) is 0 Å². The molecule has 1 aromatic carbocycles. The Bertz CT molecular complexity index is 552. The zero-order chi connectivity index (χ0) is 13.1. The summed E-state index contributed by atoms with van der Waals surface area (Å²) in [6.45, 7) is 1.90. The number of nitrogens with zero attached hydrogens (tertiary/aromatic N) is 2. The lowest BCUT2D eigenvalue weighted by atomic mass is 10.2. The summed E-state index contributed by atoms with van der Waals surface area (Å²) >= 11 is 0. The topological polar surface area (TPSA) is 63.8 Å². The Labute approximate surface area is 103 Å². The quantitative estimate of drug-likeness (QED) is 0.879. The molecular formula is C12H12F2N4. The molecule has 1 aromatic heterocycles. The van der Waals surface area contributed by atoms with Gasteiger partial charge < -0.3 is 11.1 Å². The van der Waals surface area contributed by atoms with Crippen LogP contribution in [0.25, 0.3) is 0 Å². The predicted molar refractivity (Wildman–Crippen MR) is 65.5 cm³/mol. The average molecular weight is 250 g/mol. The summed E-state index contributed by atoms with van der Waals surface area (Å²) in [7, 11) is 0. The Morgan fingerprint density at radius 3 is 2.44 bits per heavy atom. The van der Waals surface area contributed by atoms with Gasteiger partial charge in [-0.3, -0.25) is 0 Å². The summed E-state index contributed by atoms with van der Waals surface area (Å²) < 4.78 is 26.1. The molecule has 0 spiro atoms. The van der Waals surface area contributed by atoms with Gasteiger partial charge in [0.25, 0.3) is 0 Å². The van der Waals surface area contributed by atoms with Crippen LogP contribution in [0.4, 0.5) is 26.1 Å². The lowest BCUT2D eigenvalue weighted by Crippen LogP contribution is -2.04. The first-order valence-electron chi connectivity index (χ1n) is 5.42. The Morgan fingerprint density at radius 1 is 1.17 bits per heavy atom. The van der Waals surface area contributed by atoms with Crippen LogP contribution in [0.15, 0.2) is 24.5 Å². The van der Waals surface area contributed by atoms with Crippen molar-refractivity contribution in [3.05, 3.63) is 41.7 Å². The third-order valence-electron chi connectivity index (χ3n) is 2.46. The smallest absolute Gasteiger partial charge is 0.139 e. The monoisotopic (exact) mass is 250 g/mol. The number of hydrogen-bond acceptors (Lipinski definition) is 4. The SMILES string of the molecule is CCc1c(N)ncnc1Nc1cc(F)cc(F)c1. The Kier molecular flexibility index (Phi) is 3.36. The minimum absolute atomic E-state index is 0.278. The first-order valence-corrected chi connectivity index (χ1v) is 5.42. The van der Waals surface area contributed by atoms with Gasteiger partial charge in [-0.1, -0.05) is 6.92 Å². The van der Waals surface area contributed by atoms with Gasteiger partial charge in [0, 0.05) is 17.3 Å². The summed E-state index contributed by atoms with van der Waals surface area (Å²) in [5, 5.41) is 2.83. The predicted octanol–water partition coefficient (Wildman–Crippen LogP) is 2.64. The van der Waals surface area contributed by atoms with Gasteiger partial charge in [0.1, 0.15) is 29.6 Å². The maximum absolute atomic E-state index is 13.1. The first kappa shape index (κ1) is 12.2. The summed E-state index contributed by atoms with van der Waals surface area (Å²) in [6, 6.07) is 3.17. The van der Waals surface area contributed by atoms with Crippen molar-refractivity contribution < 1.29 is 8.78 Å². The molecule has 1 heterocycles. The van der Waals surface area contributed by atoms with Crippen molar-refractivity contribution in [3.8, 4) is 0 Å². The fourth-order valence-corrected chi connectivity index (χ4v) is 1.64. The Balaban J connectivity index is 2.36. The van der Waals surface area contributed by atoms with Crippen LogP contribution >= 0.6 is 0 Å². The van der Waals surface area contributed by atoms with Crippen molar-refractivity contribution in [2.24, 2.45) is 0 Å². The highest BCUT2D eigenvalue weighted by Crippen LogP contribution is 2.23. The van der Waals surface area contributed by atoms with Crippen LogP contribution in [0.1, 0.15) is 12.5 Å². The molecule has 94 valence electrons. The van der Waals surface area contributed by atoms with Gasteiger partial charge >= 0.3 is 0 Å². The molecule has 0 unspecified atom stereocenters. The van der Waals surface area contributed by atoms with Crippen LogP contribution in [0.3, 0.4) is 0 Å². The van der Waals surface area contributed by atoms with Crippen LogP contribution in [-0.2, 0) is 6.42 Å². The number of aromatic nitrogens is 2. The number of nitrogens with one attached hydrogen (secondary N) is 1. The first-order chi connectivity index (χ1) is 8.60. The highest BCUT2D eigenvalue weighted by Gasteiger charge is 2.08. The molecule has 0 saturated carbocycles. The van der Waals surface area contributed by atoms with E-state index in [0.717, 1.165) is 6.07 Å². The Hall–Kier alpha value is -2.24. The summed E-state index contributed by atoms with van der Waals surface area (Å²) in [5.74, 6) is -0.503. The largest absolute Gasteiger partial charge is 0.383 e. The second-order valence-electron chi connectivity index (χ2n) is 3.72. The second kappa shape index (κ2) is 4.95. The van der Waals surface area contributed by atoms with E-state index in [-0.39, 0.29) is 5.69 Å². The van der Waals surface area contributed by atoms with Crippen LogP contribution in [-0.4, -0.2) is 9.97 Å². The molecule has 0 aliphatic heterocycles. The minimum atomic E-state index is -0.655. The maximum atomic E-state index is 13.1. The fraction of sp³-hybridized carbons (Fsp3) is 0.167. The molecule has 0 saturated heterocycles. The van der Waals surface area contributed by atoms with Gasteiger partial charge in [-0.05, 0) is 18.6 Å². The van der Waals surface area contributed by atoms with Crippen LogP contribution in [0.5, 0.6) is 0 Å². The summed E-state index contributed by atoms with van der Waals surface area (Å²) in [5.41, 5.74) is 6.69. The number of benzene rings is 1. The third kappa shape index (κ3) is 2.53. The number of halogens is 2. The van der Waals surface area contributed by atoms with Crippen molar-refractivity contribution in [2.75, 3.05) is 11.1 Å². The third-order valence-corrected chi connectivity index (χ3v) is 2.46. The molecule has 0 radical (unpaired) electrons. The van der Waals surface area contributed by atoms with E-state index in [1.54, 1.807) is 0 Å². The number of hydrogen-bond donors (Lipinski definition) is 2. The molecule has 6 heteroatoms. The van der Waals surface area contributed by atoms with E-state index in [4.69, 9.17) is 5.73 Å². The van der Waals surface area contributed by atoms with Gasteiger partial charge in [-0.25, -0.2) is 18.7 Å². The van der Waals surface area contributed by atoms with E-state index in [2.05, 4.69) is 15.3 Å². The van der Waals surface area contributed by atoms with Crippen molar-refractivity contribution in [3.63, 3.8) is 0 Å². The number of nitrogens with two attached hydrogens (primary N) is 1. The molecule has 0 fully saturated rings. The normalized spacial score (nSPS) is 10.4. The minimum Gasteiger partial charge on any atom is -0.383 e. The van der Waals surface area contributed by atoms with Gasteiger partial charge in [-0.15, -0.1) is 0 Å². The molecule has 2 rings (SSSR count). The van der Waals surface area contributed by atoms with E-state index >= 15 is 0 Å². The molecule has 18 heavy (non-hydrogen) atoms. The highest BCUT2D eigenvalue weighted by atomic mass is 19.1. The van der Waals surface area contributed by atoms with Crippen molar-refractivity contribution in [1.82, 2.24) is 9.97 Å². The van der Waals surface area contributed by atoms with E-state index in [0.29, 0.717) is 23.6 Å². The van der Waals surface area contributed by atoms with E-state index in [1.807, 2.05) is 6.92 Å². The zero-order valence-electron chi connectivity index (χ0n) is 9.74. The molecule has 0 bridgehead atoms. The highest BCUT2D eigenvalue weighted by molar-refractivity contribution is 5.63. The van der Waals surface area contributed by atoms with Crippen molar-refractivity contribution in [1.29, 1.82) is 0 Å². The maximum Gasteiger partial charge on any atom is 0.139 e. The van der Waals surface area contributed by atoms with Gasteiger partial charge in [-0.2, -0.15) is 0 Å². The molecule has 0 aliphatic rings. The van der Waals surface area contributed by atoms with E-state index < -0.39 is 11.6 Å². The van der Waals surface area contributed by atoms with Gasteiger partial charge in [0.2, 0.25) is 0 Å². The molecular weight excluding hydrogens is 238 g/mol. The van der Waals surface area contributed by atoms with Crippen LogP contribution in [0.2, 0.25) is 0 Å². The standard InChI is InChI=1S/C12H12F2N4/c1-2-10-11(15)16-6-17-12(10)18-9-4-7(13)3-8(14)5-9/h3-6H,2H2,1H3,(H3,15,16,17,18). The van der Waals surface area contributed by atoms with Crippen molar-refractivity contribution >= 4 is 17.3 Å². The molecule has 0 atom stereocenters. The molecule has 2 aromatic rings. The van der Waals surface area contributed by atoms with E-state index in [9.17, 15) is 8.78 Å². The summed E-state index contributed by atoms with van der Waals surface area (Å²) in [4.78, 5) is 7.88. The van der Waals surface area contributed by atoms with E-state index in [1.165, 1.54) is 18.5 Å². The molecule has 4 nitrogen and oxygen atoms in total. The number of nitrogen functional groups attached to an aromatic ring is 1. The fourth-order valence-electron chi connectivity index (χ4n) is 1.64. The summed E-state index contributed by atoms with van der Waals surface area (Å²) in [6.07, 6.45) is 1.92. The average Bonchev–Trinajstić information content (AvgIpc) is 2.27. The van der Waals surface area contributed by atoms with Crippen LogP contribution < -0.4 is 11.1 Å². The zero-order valence-corrected chi connectivity index (χ0v) is 9.74. The molecule has 0 amide bonds.